The van der Waals surface area contributed by atoms with Gasteiger partial charge in [-0.25, -0.2) is 0 Å². The molecule has 2 atom stereocenters. The number of hydrogen-bond donors (Lipinski definition) is 2. The van der Waals surface area contributed by atoms with Gasteiger partial charge in [-0.1, -0.05) is 37.6 Å². The molecule has 2 unspecified atom stereocenters. The fourth-order valence-corrected chi connectivity index (χ4v) is 5.52. The van der Waals surface area contributed by atoms with Crippen LogP contribution in [0.3, 0.4) is 0 Å². The van der Waals surface area contributed by atoms with Crippen LogP contribution < -0.4 is 10.6 Å². The van der Waals surface area contributed by atoms with Gasteiger partial charge in [-0.05, 0) is 68.3 Å². The number of aryl methyl sites for hydroxylation is 1. The van der Waals surface area contributed by atoms with Crippen molar-refractivity contribution < 1.29 is 9.59 Å². The molecule has 1 aromatic carbocycles. The minimum absolute atomic E-state index is 0.0824. The maximum Gasteiger partial charge on any atom is 0.261 e. The van der Waals surface area contributed by atoms with E-state index in [1.807, 2.05) is 13.0 Å². The summed E-state index contributed by atoms with van der Waals surface area (Å²) in [5, 5.41) is 6.91. The lowest BCUT2D eigenvalue weighted by Crippen LogP contribution is -2.39. The number of hydrogen-bond acceptors (Lipinski definition) is 4. The maximum atomic E-state index is 12.6. The van der Waals surface area contributed by atoms with E-state index in [1.54, 1.807) is 24.3 Å². The zero-order valence-corrected chi connectivity index (χ0v) is 20.1. The predicted octanol–water partition coefficient (Wildman–Crippen LogP) is 5.45. The van der Waals surface area contributed by atoms with E-state index in [0.29, 0.717) is 27.0 Å². The molecule has 5 nitrogen and oxygen atoms in total. The smallest absolute Gasteiger partial charge is 0.261 e. The Bertz CT molecular complexity index is 904. The Morgan fingerprint density at radius 3 is 2.55 bits per heavy atom. The van der Waals surface area contributed by atoms with Crippen LogP contribution in [0.2, 0.25) is 5.02 Å². The normalized spacial score (nSPS) is 19.2. The average Bonchev–Trinajstić information content (AvgIpc) is 3.07. The Labute approximate surface area is 194 Å². The molecule has 0 bridgehead atoms. The van der Waals surface area contributed by atoms with Gasteiger partial charge in [-0.15, -0.1) is 11.3 Å². The van der Waals surface area contributed by atoms with Gasteiger partial charge in [0.25, 0.3) is 11.8 Å². The predicted molar refractivity (Wildman–Crippen MR) is 129 cm³/mol. The number of thiophene rings is 1. The SMILES string of the molecule is Cc1cc(NC(=O)c2ccccc2Cl)sc1C(=O)NCCCCN1CC(C)CC(C)C1. The summed E-state index contributed by atoms with van der Waals surface area (Å²) >= 11 is 7.38. The molecule has 1 saturated heterocycles. The van der Waals surface area contributed by atoms with Gasteiger partial charge in [-0.3, -0.25) is 9.59 Å². The third-order valence-corrected chi connectivity index (χ3v) is 7.09. The number of piperidine rings is 1. The molecule has 31 heavy (non-hydrogen) atoms. The topological polar surface area (TPSA) is 61.4 Å². The summed E-state index contributed by atoms with van der Waals surface area (Å²) < 4.78 is 0. The molecule has 1 fully saturated rings. The van der Waals surface area contributed by atoms with Crippen LogP contribution in [-0.4, -0.2) is 42.9 Å². The second-order valence-electron chi connectivity index (χ2n) is 8.73. The average molecular weight is 462 g/mol. The second kappa shape index (κ2) is 11.1. The van der Waals surface area contributed by atoms with Gasteiger partial charge >= 0.3 is 0 Å². The highest BCUT2D eigenvalue weighted by Gasteiger charge is 2.21. The third kappa shape index (κ3) is 6.79. The second-order valence-corrected chi connectivity index (χ2v) is 10.2. The van der Waals surface area contributed by atoms with Gasteiger partial charge in [-0.2, -0.15) is 0 Å². The number of carbonyl (C=O) groups excluding carboxylic acids is 2. The van der Waals surface area contributed by atoms with Gasteiger partial charge in [0, 0.05) is 19.6 Å². The number of carbonyl (C=O) groups is 2. The van der Waals surface area contributed by atoms with Crippen LogP contribution in [0.25, 0.3) is 0 Å². The van der Waals surface area contributed by atoms with E-state index >= 15 is 0 Å². The van der Waals surface area contributed by atoms with E-state index in [4.69, 9.17) is 11.6 Å². The number of likely N-dealkylation sites (tertiary alicyclic amines) is 1. The molecule has 2 aromatic rings. The summed E-state index contributed by atoms with van der Waals surface area (Å²) in [5.41, 5.74) is 1.27. The summed E-state index contributed by atoms with van der Waals surface area (Å²) in [6.45, 7) is 10.7. The minimum Gasteiger partial charge on any atom is -0.351 e. The number of unbranched alkanes of at least 4 members (excludes halogenated alkanes) is 1. The van der Waals surface area contributed by atoms with Crippen LogP contribution in [0.5, 0.6) is 0 Å². The van der Waals surface area contributed by atoms with E-state index in [0.717, 1.165) is 36.8 Å². The molecule has 168 valence electrons. The van der Waals surface area contributed by atoms with E-state index in [-0.39, 0.29) is 11.8 Å². The first kappa shape index (κ1) is 23.8. The molecule has 0 spiro atoms. The highest BCUT2D eigenvalue weighted by molar-refractivity contribution is 7.18. The molecule has 2 N–H and O–H groups in total. The van der Waals surface area contributed by atoms with Crippen molar-refractivity contribution >= 4 is 39.8 Å². The van der Waals surface area contributed by atoms with Gasteiger partial charge in [0.1, 0.15) is 0 Å². The number of amides is 2. The summed E-state index contributed by atoms with van der Waals surface area (Å²) in [6.07, 6.45) is 3.38. The lowest BCUT2D eigenvalue weighted by atomic mass is 9.92. The lowest BCUT2D eigenvalue weighted by molar-refractivity contribution is 0.0954. The molecule has 2 amide bonds. The quantitative estimate of drug-likeness (QED) is 0.514. The molecule has 1 aliphatic heterocycles. The van der Waals surface area contributed by atoms with E-state index in [1.165, 1.54) is 30.8 Å². The number of anilines is 1. The van der Waals surface area contributed by atoms with Crippen molar-refractivity contribution in [3.8, 4) is 0 Å². The first-order valence-corrected chi connectivity index (χ1v) is 12.2. The van der Waals surface area contributed by atoms with Crippen LogP contribution in [0.15, 0.2) is 30.3 Å². The van der Waals surface area contributed by atoms with Crippen LogP contribution in [0.1, 0.15) is 58.7 Å². The lowest BCUT2D eigenvalue weighted by Gasteiger charge is -2.34. The van der Waals surface area contributed by atoms with E-state index in [9.17, 15) is 9.59 Å². The number of rotatable bonds is 8. The standard InChI is InChI=1S/C24H32ClN3O2S/c1-16-12-17(2)15-28(14-16)11-7-6-10-26-24(30)22-18(3)13-21(31-22)27-23(29)19-8-4-5-9-20(19)25/h4-5,8-9,13,16-17H,6-7,10-12,14-15H2,1-3H3,(H,26,30)(H,27,29). The summed E-state index contributed by atoms with van der Waals surface area (Å²) in [7, 11) is 0. The number of halogens is 1. The molecule has 1 aliphatic rings. The van der Waals surface area contributed by atoms with E-state index < -0.39 is 0 Å². The van der Waals surface area contributed by atoms with Crippen molar-refractivity contribution in [1.29, 1.82) is 0 Å². The molecule has 1 aromatic heterocycles. The van der Waals surface area contributed by atoms with Gasteiger partial charge < -0.3 is 15.5 Å². The Hall–Kier alpha value is -1.89. The molecule has 0 aliphatic carbocycles. The molecule has 0 saturated carbocycles. The van der Waals surface area contributed by atoms with Crippen molar-refractivity contribution in [1.82, 2.24) is 10.2 Å². The Morgan fingerprint density at radius 1 is 1.13 bits per heavy atom. The largest absolute Gasteiger partial charge is 0.351 e. The Kier molecular flexibility index (Phi) is 8.52. The van der Waals surface area contributed by atoms with Crippen molar-refractivity contribution in [2.75, 3.05) is 31.5 Å². The van der Waals surface area contributed by atoms with E-state index in [2.05, 4.69) is 29.4 Å². The van der Waals surface area contributed by atoms with Gasteiger partial charge in [0.15, 0.2) is 0 Å². The van der Waals surface area contributed by atoms with Gasteiger partial charge in [0.05, 0.1) is 20.5 Å². The maximum absolute atomic E-state index is 12.6. The van der Waals surface area contributed by atoms with Crippen molar-refractivity contribution in [3.63, 3.8) is 0 Å². The molecule has 7 heteroatoms. The minimum atomic E-state index is -0.278. The fourth-order valence-electron chi connectivity index (χ4n) is 4.31. The van der Waals surface area contributed by atoms with Crippen molar-refractivity contribution in [3.05, 3.63) is 51.4 Å². The monoisotopic (exact) mass is 461 g/mol. The van der Waals surface area contributed by atoms with Crippen LogP contribution >= 0.6 is 22.9 Å². The summed E-state index contributed by atoms with van der Waals surface area (Å²) in [6, 6.07) is 8.74. The zero-order chi connectivity index (χ0) is 22.4. The van der Waals surface area contributed by atoms with Crippen LogP contribution in [0, 0.1) is 18.8 Å². The Balaban J connectivity index is 1.44. The van der Waals surface area contributed by atoms with Crippen LogP contribution in [0.4, 0.5) is 5.00 Å². The molecular weight excluding hydrogens is 430 g/mol. The number of nitrogens with one attached hydrogen (secondary N) is 2. The summed E-state index contributed by atoms with van der Waals surface area (Å²) in [5.74, 6) is 1.19. The number of benzene rings is 1. The highest BCUT2D eigenvalue weighted by Crippen LogP contribution is 2.28. The van der Waals surface area contributed by atoms with Crippen LogP contribution in [-0.2, 0) is 0 Å². The zero-order valence-electron chi connectivity index (χ0n) is 18.5. The molecule has 0 radical (unpaired) electrons. The first-order chi connectivity index (χ1) is 14.8. The molecule has 2 heterocycles. The number of nitrogens with zero attached hydrogens (tertiary/aromatic N) is 1. The van der Waals surface area contributed by atoms with Crippen molar-refractivity contribution in [2.45, 2.75) is 40.0 Å². The Morgan fingerprint density at radius 2 is 1.84 bits per heavy atom. The van der Waals surface area contributed by atoms with Crippen molar-refractivity contribution in [2.24, 2.45) is 11.8 Å². The molecule has 3 rings (SSSR count). The third-order valence-electron chi connectivity index (χ3n) is 5.61. The molecular formula is C24H32ClN3O2S. The summed E-state index contributed by atoms with van der Waals surface area (Å²) in [4.78, 5) is 28.2. The fraction of sp³-hybridized carbons (Fsp3) is 0.500. The van der Waals surface area contributed by atoms with Gasteiger partial charge in [0.2, 0.25) is 0 Å². The highest BCUT2D eigenvalue weighted by atomic mass is 35.5. The first-order valence-electron chi connectivity index (χ1n) is 11.0.